The second-order valence-electron chi connectivity index (χ2n) is 5.53. The minimum absolute atomic E-state index is 0.101. The van der Waals surface area contributed by atoms with Gasteiger partial charge >= 0.3 is 137 Å². The Morgan fingerprint density at radius 1 is 1.27 bits per heavy atom. The molecule has 1 aliphatic rings. The zero-order valence-electron chi connectivity index (χ0n) is 12.8. The summed E-state index contributed by atoms with van der Waals surface area (Å²) in [6.45, 7) is 7.73. The molecule has 0 bridgehead atoms. The number of benzene rings is 1. The first kappa shape index (κ1) is 15.3. The number of ether oxygens (including phenoxy) is 1. The molecule has 3 rings (SSSR count). The molecular formula is C16H18AsN4O. The van der Waals surface area contributed by atoms with Crippen molar-refractivity contribution in [3.05, 3.63) is 23.9 Å². The van der Waals surface area contributed by atoms with Crippen LogP contribution in [-0.2, 0) is 4.74 Å². The maximum absolute atomic E-state index is 9.34. The third-order valence-corrected chi connectivity index (χ3v) is 6.16. The van der Waals surface area contributed by atoms with Crippen LogP contribution < -0.4 is 9.25 Å². The summed E-state index contributed by atoms with van der Waals surface area (Å²) in [7, 11) is 0. The summed E-state index contributed by atoms with van der Waals surface area (Å²) in [5.41, 5.74) is 2.54. The molecular weight excluding hydrogens is 339 g/mol. The molecule has 22 heavy (non-hydrogen) atoms. The normalized spacial score (nSPS) is 15.8. The first-order valence-electron chi connectivity index (χ1n) is 7.43. The SMILES string of the molecule is CC(C)[As]c1c(C#N)nnc2ccc(N3CCOCC3)cc12. The van der Waals surface area contributed by atoms with Gasteiger partial charge in [-0.25, -0.2) is 0 Å². The number of nitriles is 1. The molecule has 2 aromatic rings. The Hall–Kier alpha value is -1.63. The van der Waals surface area contributed by atoms with Crippen LogP contribution in [0.25, 0.3) is 10.9 Å². The fraction of sp³-hybridized carbons (Fsp3) is 0.438. The van der Waals surface area contributed by atoms with E-state index >= 15 is 0 Å². The molecule has 0 atom stereocenters. The summed E-state index contributed by atoms with van der Waals surface area (Å²) >= 11 is -0.101. The van der Waals surface area contributed by atoms with E-state index in [9.17, 15) is 5.26 Å². The number of anilines is 1. The molecule has 2 heterocycles. The molecule has 1 aromatic heterocycles. The molecule has 1 aliphatic heterocycles. The van der Waals surface area contributed by atoms with Gasteiger partial charge in [0.25, 0.3) is 0 Å². The summed E-state index contributed by atoms with van der Waals surface area (Å²) < 4.78 is 7.08. The van der Waals surface area contributed by atoms with Crippen molar-refractivity contribution in [2.75, 3.05) is 31.2 Å². The van der Waals surface area contributed by atoms with E-state index in [1.807, 2.05) is 6.07 Å². The second-order valence-corrected chi connectivity index (χ2v) is 9.18. The van der Waals surface area contributed by atoms with Gasteiger partial charge in [-0.3, -0.25) is 0 Å². The predicted octanol–water partition coefficient (Wildman–Crippen LogP) is 1.50. The van der Waals surface area contributed by atoms with Gasteiger partial charge in [-0.2, -0.15) is 0 Å². The van der Waals surface area contributed by atoms with Gasteiger partial charge in [-0.05, 0) is 0 Å². The first-order valence-corrected chi connectivity index (χ1v) is 9.45. The van der Waals surface area contributed by atoms with Crippen molar-refractivity contribution in [1.82, 2.24) is 10.2 Å². The Kier molecular flexibility index (Phi) is 4.61. The van der Waals surface area contributed by atoms with E-state index in [4.69, 9.17) is 4.74 Å². The summed E-state index contributed by atoms with van der Waals surface area (Å²) in [5, 5.41) is 18.7. The summed E-state index contributed by atoms with van der Waals surface area (Å²) in [6, 6.07) is 8.48. The van der Waals surface area contributed by atoms with Crippen LogP contribution in [-0.4, -0.2) is 52.3 Å². The van der Waals surface area contributed by atoms with Crippen molar-refractivity contribution in [3.8, 4) is 6.07 Å². The van der Waals surface area contributed by atoms with Crippen molar-refractivity contribution in [2.45, 2.75) is 18.6 Å². The molecule has 1 fully saturated rings. The van der Waals surface area contributed by atoms with Crippen LogP contribution in [0.1, 0.15) is 19.5 Å². The molecule has 1 saturated heterocycles. The van der Waals surface area contributed by atoms with Gasteiger partial charge in [0, 0.05) is 0 Å². The van der Waals surface area contributed by atoms with Crippen molar-refractivity contribution in [3.63, 3.8) is 0 Å². The molecule has 1 aromatic carbocycles. The van der Waals surface area contributed by atoms with E-state index in [2.05, 4.69) is 47.1 Å². The molecule has 5 nitrogen and oxygen atoms in total. The van der Waals surface area contributed by atoms with Gasteiger partial charge in [0.05, 0.1) is 0 Å². The Balaban J connectivity index is 2.09. The summed E-state index contributed by atoms with van der Waals surface area (Å²) in [5.74, 6) is 0. The van der Waals surface area contributed by atoms with E-state index in [1.165, 1.54) is 5.69 Å². The summed E-state index contributed by atoms with van der Waals surface area (Å²) in [6.07, 6.45) is 0. The number of hydrogen-bond acceptors (Lipinski definition) is 5. The molecule has 113 valence electrons. The Bertz CT molecular complexity index is 720. The van der Waals surface area contributed by atoms with Gasteiger partial charge in [-0.15, -0.1) is 0 Å². The van der Waals surface area contributed by atoms with E-state index in [-0.39, 0.29) is 15.8 Å². The molecule has 0 saturated carbocycles. The van der Waals surface area contributed by atoms with Crippen LogP contribution in [0.15, 0.2) is 18.2 Å². The van der Waals surface area contributed by atoms with Crippen molar-refractivity contribution in [1.29, 1.82) is 5.26 Å². The van der Waals surface area contributed by atoms with Gasteiger partial charge in [0.1, 0.15) is 0 Å². The fourth-order valence-corrected chi connectivity index (χ4v) is 4.77. The van der Waals surface area contributed by atoms with Crippen LogP contribution >= 0.6 is 0 Å². The van der Waals surface area contributed by atoms with E-state index < -0.39 is 0 Å². The van der Waals surface area contributed by atoms with Gasteiger partial charge in [0.2, 0.25) is 0 Å². The fourth-order valence-electron chi connectivity index (χ4n) is 2.56. The van der Waals surface area contributed by atoms with E-state index in [0.717, 1.165) is 41.6 Å². The molecule has 0 N–H and O–H groups in total. The molecule has 0 unspecified atom stereocenters. The average molecular weight is 357 g/mol. The number of aromatic nitrogens is 2. The molecule has 0 aliphatic carbocycles. The van der Waals surface area contributed by atoms with Crippen molar-refractivity contribution in [2.24, 2.45) is 0 Å². The predicted molar refractivity (Wildman–Crippen MR) is 87.8 cm³/mol. The Labute approximate surface area is 137 Å². The quantitative estimate of drug-likeness (QED) is 0.779. The third-order valence-electron chi connectivity index (χ3n) is 3.59. The number of hydrogen-bond donors (Lipinski definition) is 0. The van der Waals surface area contributed by atoms with Gasteiger partial charge in [0.15, 0.2) is 0 Å². The van der Waals surface area contributed by atoms with Crippen molar-refractivity contribution < 1.29 is 4.74 Å². The van der Waals surface area contributed by atoms with E-state index in [0.29, 0.717) is 10.4 Å². The van der Waals surface area contributed by atoms with Crippen molar-refractivity contribution >= 4 is 36.7 Å². The number of morpholine rings is 1. The molecule has 0 spiro atoms. The van der Waals surface area contributed by atoms with Gasteiger partial charge < -0.3 is 0 Å². The monoisotopic (exact) mass is 357 g/mol. The number of fused-ring (bicyclic) bond motifs is 1. The number of nitrogens with zero attached hydrogens (tertiary/aromatic N) is 4. The molecule has 1 radical (unpaired) electrons. The minimum atomic E-state index is -0.101. The van der Waals surface area contributed by atoms with Gasteiger partial charge in [-0.1, -0.05) is 0 Å². The molecule has 6 heteroatoms. The Morgan fingerprint density at radius 2 is 2.05 bits per heavy atom. The zero-order valence-corrected chi connectivity index (χ0v) is 14.7. The average Bonchev–Trinajstić information content (AvgIpc) is 2.55. The van der Waals surface area contributed by atoms with Crippen LogP contribution in [0.2, 0.25) is 4.71 Å². The maximum atomic E-state index is 9.34. The standard InChI is InChI=1S/C16H18AsN4O/c1-11(2)17-16-13-9-12(21-5-7-22-8-6-21)3-4-14(13)19-20-15(16)10-18/h3-4,9,11H,5-8H2,1-2H3. The zero-order chi connectivity index (χ0) is 15.5. The van der Waals surface area contributed by atoms with Crippen LogP contribution in [0.4, 0.5) is 5.69 Å². The second kappa shape index (κ2) is 6.64. The Morgan fingerprint density at radius 3 is 2.73 bits per heavy atom. The first-order chi connectivity index (χ1) is 10.7. The van der Waals surface area contributed by atoms with E-state index in [1.54, 1.807) is 0 Å². The topological polar surface area (TPSA) is 62.0 Å². The van der Waals surface area contributed by atoms with Crippen LogP contribution in [0.5, 0.6) is 0 Å². The molecule has 0 amide bonds. The number of rotatable bonds is 3. The summed E-state index contributed by atoms with van der Waals surface area (Å²) in [4.78, 5) is 2.32. The van der Waals surface area contributed by atoms with Crippen LogP contribution in [0.3, 0.4) is 0 Å². The third kappa shape index (κ3) is 3.09. The van der Waals surface area contributed by atoms with Crippen LogP contribution in [0, 0.1) is 11.3 Å².